The molecule has 3 rings (SSSR count). The summed E-state index contributed by atoms with van der Waals surface area (Å²) < 4.78 is 18.6. The SMILES string of the molecule is Nc1ncnc2c1ncn2[C@@]1([P+](=O)O)C[C@H](O)[C@@H](CO)O1. The van der Waals surface area contributed by atoms with Gasteiger partial charge in [0.25, 0.3) is 0 Å². The lowest BCUT2D eigenvalue weighted by atomic mass is 10.2. The minimum atomic E-state index is -2.90. The molecular weight excluding hydrogens is 301 g/mol. The van der Waals surface area contributed by atoms with E-state index in [1.165, 1.54) is 17.2 Å². The molecule has 2 aromatic rings. The van der Waals surface area contributed by atoms with E-state index < -0.39 is 32.3 Å². The van der Waals surface area contributed by atoms with Crippen molar-refractivity contribution >= 4 is 25.0 Å². The van der Waals surface area contributed by atoms with E-state index in [9.17, 15) is 19.7 Å². The lowest BCUT2D eigenvalue weighted by Gasteiger charge is -2.17. The van der Waals surface area contributed by atoms with Gasteiger partial charge in [-0.2, -0.15) is 4.89 Å². The minimum Gasteiger partial charge on any atom is -0.394 e. The van der Waals surface area contributed by atoms with Gasteiger partial charge in [0, 0.05) is 0 Å². The second-order valence-electron chi connectivity index (χ2n) is 4.67. The van der Waals surface area contributed by atoms with Gasteiger partial charge in [0.2, 0.25) is 0 Å². The first-order valence-corrected chi connectivity index (χ1v) is 7.28. The third-order valence-electron chi connectivity index (χ3n) is 3.46. The highest BCUT2D eigenvalue weighted by molar-refractivity contribution is 7.39. The Kier molecular flexibility index (Phi) is 3.34. The third-order valence-corrected chi connectivity index (χ3v) is 4.56. The van der Waals surface area contributed by atoms with E-state index in [-0.39, 0.29) is 23.4 Å². The largest absolute Gasteiger partial charge is 0.566 e. The highest BCUT2D eigenvalue weighted by Gasteiger charge is 2.62. The molecule has 2 aromatic heterocycles. The van der Waals surface area contributed by atoms with Crippen molar-refractivity contribution in [2.45, 2.75) is 24.1 Å². The van der Waals surface area contributed by atoms with E-state index in [1.54, 1.807) is 0 Å². The summed E-state index contributed by atoms with van der Waals surface area (Å²) in [6.45, 7) is -0.476. The van der Waals surface area contributed by atoms with Gasteiger partial charge < -0.3 is 20.7 Å². The number of anilines is 1. The van der Waals surface area contributed by atoms with Crippen molar-refractivity contribution in [2.24, 2.45) is 0 Å². The van der Waals surface area contributed by atoms with Crippen LogP contribution in [-0.4, -0.2) is 53.4 Å². The zero-order valence-corrected chi connectivity index (χ0v) is 11.6. The van der Waals surface area contributed by atoms with Crippen molar-refractivity contribution in [1.29, 1.82) is 0 Å². The van der Waals surface area contributed by atoms with Gasteiger partial charge in [0.05, 0.1) is 19.1 Å². The zero-order chi connectivity index (χ0) is 15.2. The first-order chi connectivity index (χ1) is 9.99. The second kappa shape index (κ2) is 4.93. The van der Waals surface area contributed by atoms with Crippen LogP contribution < -0.4 is 5.73 Å². The zero-order valence-electron chi connectivity index (χ0n) is 10.7. The molecule has 0 radical (unpaired) electrons. The molecule has 0 aromatic carbocycles. The number of fused-ring (bicyclic) bond motifs is 1. The van der Waals surface area contributed by atoms with Crippen LogP contribution in [0.25, 0.3) is 11.2 Å². The maximum Gasteiger partial charge on any atom is 0.566 e. The summed E-state index contributed by atoms with van der Waals surface area (Å²) in [6, 6.07) is 0. The molecular formula is C10H13N5O5P+. The molecule has 1 unspecified atom stereocenters. The van der Waals surface area contributed by atoms with E-state index in [4.69, 9.17) is 10.5 Å². The van der Waals surface area contributed by atoms with Crippen LogP contribution in [0, 0.1) is 0 Å². The summed E-state index contributed by atoms with van der Waals surface area (Å²) in [5.41, 5.74) is 4.40. The van der Waals surface area contributed by atoms with Gasteiger partial charge in [-0.15, -0.1) is 0 Å². The van der Waals surface area contributed by atoms with Crippen molar-refractivity contribution in [3.8, 4) is 0 Å². The Bertz CT molecular complexity index is 708. The molecule has 1 fully saturated rings. The van der Waals surface area contributed by atoms with Crippen LogP contribution in [0.4, 0.5) is 5.82 Å². The summed E-state index contributed by atoms with van der Waals surface area (Å²) in [5.74, 6) is 0.124. The van der Waals surface area contributed by atoms with Crippen molar-refractivity contribution in [2.75, 3.05) is 12.3 Å². The Hall–Kier alpha value is -1.71. The first kappa shape index (κ1) is 14.2. The molecule has 112 valence electrons. The minimum absolute atomic E-state index is 0.124. The van der Waals surface area contributed by atoms with Gasteiger partial charge >= 0.3 is 13.5 Å². The monoisotopic (exact) mass is 314 g/mol. The lowest BCUT2D eigenvalue weighted by Crippen LogP contribution is -2.30. The molecule has 5 N–H and O–H groups in total. The summed E-state index contributed by atoms with van der Waals surface area (Å²) in [4.78, 5) is 21.5. The maximum absolute atomic E-state index is 11.9. The van der Waals surface area contributed by atoms with Crippen LogP contribution in [0.1, 0.15) is 6.42 Å². The molecule has 1 saturated heterocycles. The standard InChI is InChI=1S/C10H12N5O5P/c11-8-7-9(13-3-12-8)15(4-14-7)10(21(18)19)1-5(17)6(2-16)20-10/h3-6,16-17H,1-2H2,(H2-,11,12,13,18,19)/p+1/t5-,6+,10-/m0/s1. The number of aromatic nitrogens is 4. The normalized spacial score (nSPS) is 30.0. The number of ether oxygens (including phenoxy) is 1. The van der Waals surface area contributed by atoms with Crippen LogP contribution in [0.15, 0.2) is 12.7 Å². The molecule has 11 heteroatoms. The number of nitrogen functional groups attached to an aromatic ring is 1. The maximum atomic E-state index is 11.9. The number of hydrogen-bond acceptors (Lipinski definition) is 8. The van der Waals surface area contributed by atoms with Crippen molar-refractivity contribution in [1.82, 2.24) is 19.5 Å². The predicted octanol–water partition coefficient (Wildman–Crippen LogP) is -1.10. The van der Waals surface area contributed by atoms with Crippen molar-refractivity contribution in [3.05, 3.63) is 12.7 Å². The Morgan fingerprint density at radius 2 is 2.29 bits per heavy atom. The summed E-state index contributed by atoms with van der Waals surface area (Å²) in [5, 5.41) is 19.1. The van der Waals surface area contributed by atoms with Crippen molar-refractivity contribution < 1.29 is 24.4 Å². The van der Waals surface area contributed by atoms with E-state index in [0.717, 1.165) is 0 Å². The third kappa shape index (κ3) is 2.00. The molecule has 0 aliphatic carbocycles. The molecule has 0 amide bonds. The molecule has 0 saturated carbocycles. The molecule has 0 bridgehead atoms. The van der Waals surface area contributed by atoms with Gasteiger partial charge in [0.15, 0.2) is 11.5 Å². The number of aliphatic hydroxyl groups excluding tert-OH is 2. The number of nitrogens with two attached hydrogens (primary N) is 1. The van der Waals surface area contributed by atoms with Crippen LogP contribution in [0.3, 0.4) is 0 Å². The fourth-order valence-electron chi connectivity index (χ4n) is 2.41. The van der Waals surface area contributed by atoms with E-state index in [0.29, 0.717) is 0 Å². The predicted molar refractivity (Wildman–Crippen MR) is 70.1 cm³/mol. The van der Waals surface area contributed by atoms with Crippen LogP contribution in [0.2, 0.25) is 0 Å². The first-order valence-electron chi connectivity index (χ1n) is 6.06. The Labute approximate surface area is 119 Å². The van der Waals surface area contributed by atoms with Crippen LogP contribution in [0.5, 0.6) is 0 Å². The number of nitrogens with zero attached hydrogens (tertiary/aromatic N) is 4. The number of imidazole rings is 1. The highest BCUT2D eigenvalue weighted by Crippen LogP contribution is 2.51. The van der Waals surface area contributed by atoms with E-state index in [1.807, 2.05) is 0 Å². The van der Waals surface area contributed by atoms with Gasteiger partial charge in [-0.1, -0.05) is 0 Å². The Morgan fingerprint density at radius 1 is 1.52 bits per heavy atom. The number of rotatable bonds is 3. The van der Waals surface area contributed by atoms with E-state index in [2.05, 4.69) is 15.0 Å². The average molecular weight is 314 g/mol. The molecule has 3 heterocycles. The van der Waals surface area contributed by atoms with Crippen molar-refractivity contribution in [3.63, 3.8) is 0 Å². The average Bonchev–Trinajstić information content (AvgIpc) is 3.01. The smallest absolute Gasteiger partial charge is 0.394 e. The molecule has 0 spiro atoms. The molecule has 1 aliphatic heterocycles. The summed E-state index contributed by atoms with van der Waals surface area (Å²) in [7, 11) is -2.90. The molecule has 1 aliphatic rings. The quantitative estimate of drug-likeness (QED) is 0.516. The molecule has 10 nitrogen and oxygen atoms in total. The highest BCUT2D eigenvalue weighted by atomic mass is 31.1. The van der Waals surface area contributed by atoms with Gasteiger partial charge in [0.1, 0.15) is 24.3 Å². The topological polar surface area (TPSA) is 157 Å². The summed E-state index contributed by atoms with van der Waals surface area (Å²) >= 11 is 0. The Balaban J connectivity index is 2.18. The van der Waals surface area contributed by atoms with E-state index >= 15 is 0 Å². The Morgan fingerprint density at radius 3 is 2.90 bits per heavy atom. The molecule has 21 heavy (non-hydrogen) atoms. The number of hydrogen-bond donors (Lipinski definition) is 4. The van der Waals surface area contributed by atoms with Crippen LogP contribution >= 0.6 is 8.03 Å². The van der Waals surface area contributed by atoms with Gasteiger partial charge in [-0.05, 0) is 4.57 Å². The second-order valence-corrected chi connectivity index (χ2v) is 5.92. The summed E-state index contributed by atoms with van der Waals surface area (Å²) in [6.07, 6.45) is 0.221. The van der Waals surface area contributed by atoms with Gasteiger partial charge in [-0.25, -0.2) is 19.5 Å². The van der Waals surface area contributed by atoms with Gasteiger partial charge in [-0.3, -0.25) is 0 Å². The lowest BCUT2D eigenvalue weighted by molar-refractivity contribution is -0.0693. The number of aliphatic hydroxyl groups is 2. The fourth-order valence-corrected chi connectivity index (χ4v) is 3.31. The molecule has 4 atom stereocenters. The van der Waals surface area contributed by atoms with Crippen LogP contribution in [-0.2, 0) is 14.8 Å². The fraction of sp³-hybridized carbons (Fsp3) is 0.500.